The van der Waals surface area contributed by atoms with Crippen molar-refractivity contribution in [2.75, 3.05) is 19.0 Å². The third kappa shape index (κ3) is 3.76. The Balaban J connectivity index is 3.14. The van der Waals surface area contributed by atoms with E-state index in [1.165, 1.54) is 17.7 Å². The summed E-state index contributed by atoms with van der Waals surface area (Å²) in [5.74, 6) is 0. The van der Waals surface area contributed by atoms with Gasteiger partial charge in [-0.05, 0) is 28.9 Å². The van der Waals surface area contributed by atoms with Crippen LogP contribution in [0.3, 0.4) is 0 Å². The molecule has 0 amide bonds. The highest BCUT2D eigenvalue weighted by molar-refractivity contribution is 5.55. The second kappa shape index (κ2) is 4.72. The van der Waals surface area contributed by atoms with Gasteiger partial charge < -0.3 is 4.90 Å². The number of benzene rings is 1. The fourth-order valence-corrected chi connectivity index (χ4v) is 2.86. The largest absolute Gasteiger partial charge is 0.377 e. The molecule has 0 fully saturated rings. The Hall–Kier alpha value is -0.980. The predicted molar refractivity (Wildman–Crippen MR) is 77.9 cm³/mol. The summed E-state index contributed by atoms with van der Waals surface area (Å²) >= 11 is 0. The number of anilines is 1. The van der Waals surface area contributed by atoms with Gasteiger partial charge in [0.05, 0.1) is 0 Å². The molecule has 0 N–H and O–H groups in total. The molecular formula is C16H27N. The molecule has 1 heteroatoms. The molecule has 0 aliphatic rings. The molecule has 0 heterocycles. The van der Waals surface area contributed by atoms with Crippen molar-refractivity contribution in [1.29, 1.82) is 0 Å². The van der Waals surface area contributed by atoms with Gasteiger partial charge in [0.2, 0.25) is 0 Å². The van der Waals surface area contributed by atoms with E-state index in [0.717, 1.165) is 0 Å². The van der Waals surface area contributed by atoms with E-state index in [1.54, 1.807) is 0 Å². The first kappa shape index (κ1) is 14.1. The van der Waals surface area contributed by atoms with Crippen LogP contribution in [0.4, 0.5) is 5.69 Å². The Morgan fingerprint density at radius 2 is 1.47 bits per heavy atom. The van der Waals surface area contributed by atoms with Gasteiger partial charge in [-0.2, -0.15) is 0 Å². The molecule has 1 rings (SSSR count). The molecule has 1 aromatic rings. The van der Waals surface area contributed by atoms with E-state index in [0.29, 0.717) is 5.41 Å². The number of para-hydroxylation sites is 1. The van der Waals surface area contributed by atoms with E-state index in [4.69, 9.17) is 0 Å². The first-order valence-corrected chi connectivity index (χ1v) is 6.40. The molecule has 0 aliphatic heterocycles. The predicted octanol–water partition coefficient (Wildman–Crippen LogP) is 4.47. The second-order valence-electron chi connectivity index (χ2n) is 7.03. The standard InChI is InChI=1S/C16H27N/c1-15(2,3)12-16(4,5)13-10-8-9-11-14(13)17(6)7/h8-11H,12H2,1-7H3. The normalized spacial score (nSPS) is 12.6. The topological polar surface area (TPSA) is 3.24 Å². The highest BCUT2D eigenvalue weighted by Crippen LogP contribution is 2.39. The van der Waals surface area contributed by atoms with Crippen LogP contribution in [0.15, 0.2) is 24.3 Å². The molecule has 0 unspecified atom stereocenters. The second-order valence-corrected chi connectivity index (χ2v) is 7.03. The van der Waals surface area contributed by atoms with Crippen molar-refractivity contribution in [3.8, 4) is 0 Å². The summed E-state index contributed by atoms with van der Waals surface area (Å²) in [6.45, 7) is 11.6. The van der Waals surface area contributed by atoms with E-state index in [1.807, 2.05) is 0 Å². The zero-order valence-corrected chi connectivity index (χ0v) is 12.5. The van der Waals surface area contributed by atoms with Gasteiger partial charge in [-0.1, -0.05) is 52.8 Å². The van der Waals surface area contributed by atoms with Crippen LogP contribution in [0.2, 0.25) is 0 Å². The molecule has 0 radical (unpaired) electrons. The fraction of sp³-hybridized carbons (Fsp3) is 0.625. The molecular weight excluding hydrogens is 206 g/mol. The van der Waals surface area contributed by atoms with Crippen molar-refractivity contribution in [2.45, 2.75) is 46.5 Å². The van der Waals surface area contributed by atoms with Gasteiger partial charge in [-0.25, -0.2) is 0 Å². The number of hydrogen-bond acceptors (Lipinski definition) is 1. The minimum absolute atomic E-state index is 0.207. The van der Waals surface area contributed by atoms with Gasteiger partial charge in [-0.15, -0.1) is 0 Å². The summed E-state index contributed by atoms with van der Waals surface area (Å²) < 4.78 is 0. The average Bonchev–Trinajstić information content (AvgIpc) is 2.14. The first-order chi connectivity index (χ1) is 7.63. The van der Waals surface area contributed by atoms with Gasteiger partial charge >= 0.3 is 0 Å². The molecule has 0 bridgehead atoms. The molecule has 0 saturated heterocycles. The molecule has 0 spiro atoms. The lowest BCUT2D eigenvalue weighted by atomic mass is 9.72. The summed E-state index contributed by atoms with van der Waals surface area (Å²) in [6, 6.07) is 8.74. The highest BCUT2D eigenvalue weighted by atomic mass is 15.1. The van der Waals surface area contributed by atoms with Crippen LogP contribution >= 0.6 is 0 Å². The van der Waals surface area contributed by atoms with Crippen LogP contribution in [-0.2, 0) is 5.41 Å². The van der Waals surface area contributed by atoms with Crippen LogP contribution in [0.25, 0.3) is 0 Å². The van der Waals surface area contributed by atoms with Gasteiger partial charge in [0.15, 0.2) is 0 Å². The minimum Gasteiger partial charge on any atom is -0.377 e. The third-order valence-electron chi connectivity index (χ3n) is 3.09. The van der Waals surface area contributed by atoms with Crippen LogP contribution in [0.1, 0.15) is 46.6 Å². The van der Waals surface area contributed by atoms with Crippen molar-refractivity contribution < 1.29 is 0 Å². The number of nitrogens with zero attached hydrogens (tertiary/aromatic N) is 1. The quantitative estimate of drug-likeness (QED) is 0.744. The van der Waals surface area contributed by atoms with Crippen molar-refractivity contribution in [3.63, 3.8) is 0 Å². The fourth-order valence-electron chi connectivity index (χ4n) is 2.86. The molecule has 96 valence electrons. The van der Waals surface area contributed by atoms with Gasteiger partial charge in [0.25, 0.3) is 0 Å². The van der Waals surface area contributed by atoms with Crippen molar-refractivity contribution in [3.05, 3.63) is 29.8 Å². The van der Waals surface area contributed by atoms with Crippen molar-refractivity contribution in [2.24, 2.45) is 5.41 Å². The number of rotatable bonds is 3. The Labute approximate surface area is 107 Å². The number of hydrogen-bond donors (Lipinski definition) is 0. The maximum Gasteiger partial charge on any atom is 0.0399 e. The Kier molecular flexibility index (Phi) is 3.91. The van der Waals surface area contributed by atoms with Crippen LogP contribution in [-0.4, -0.2) is 14.1 Å². The lowest BCUT2D eigenvalue weighted by Crippen LogP contribution is -2.27. The van der Waals surface area contributed by atoms with Crippen molar-refractivity contribution in [1.82, 2.24) is 0 Å². The van der Waals surface area contributed by atoms with Crippen molar-refractivity contribution >= 4 is 5.69 Å². The van der Waals surface area contributed by atoms with E-state index < -0.39 is 0 Å². The monoisotopic (exact) mass is 233 g/mol. The molecule has 1 nitrogen and oxygen atoms in total. The SMILES string of the molecule is CN(C)c1ccccc1C(C)(C)CC(C)(C)C. The summed E-state index contributed by atoms with van der Waals surface area (Å²) in [4.78, 5) is 2.21. The van der Waals surface area contributed by atoms with Crippen LogP contribution < -0.4 is 4.90 Å². The first-order valence-electron chi connectivity index (χ1n) is 6.40. The third-order valence-corrected chi connectivity index (χ3v) is 3.09. The summed E-state index contributed by atoms with van der Waals surface area (Å²) in [6.07, 6.45) is 1.19. The molecule has 0 atom stereocenters. The summed E-state index contributed by atoms with van der Waals surface area (Å²) in [7, 11) is 4.23. The lowest BCUT2D eigenvalue weighted by molar-refractivity contribution is 0.284. The van der Waals surface area contributed by atoms with Gasteiger partial charge in [0.1, 0.15) is 0 Å². The maximum absolute atomic E-state index is 2.35. The van der Waals surface area contributed by atoms with Crippen LogP contribution in [0, 0.1) is 5.41 Å². The minimum atomic E-state index is 0.207. The van der Waals surface area contributed by atoms with E-state index in [9.17, 15) is 0 Å². The van der Waals surface area contributed by atoms with E-state index in [2.05, 4.69) is 77.9 Å². The molecule has 1 aromatic carbocycles. The zero-order valence-electron chi connectivity index (χ0n) is 12.5. The average molecular weight is 233 g/mol. The molecule has 17 heavy (non-hydrogen) atoms. The summed E-state index contributed by atoms with van der Waals surface area (Å²) in [5.41, 5.74) is 3.34. The van der Waals surface area contributed by atoms with E-state index in [-0.39, 0.29) is 5.41 Å². The highest BCUT2D eigenvalue weighted by Gasteiger charge is 2.29. The molecule has 0 saturated carbocycles. The lowest BCUT2D eigenvalue weighted by Gasteiger charge is -2.35. The smallest absolute Gasteiger partial charge is 0.0399 e. The maximum atomic E-state index is 2.35. The zero-order chi connectivity index (χ0) is 13.3. The van der Waals surface area contributed by atoms with Gasteiger partial charge in [0, 0.05) is 19.8 Å². The molecule has 0 aliphatic carbocycles. The van der Waals surface area contributed by atoms with E-state index >= 15 is 0 Å². The van der Waals surface area contributed by atoms with Crippen LogP contribution in [0.5, 0.6) is 0 Å². The van der Waals surface area contributed by atoms with Gasteiger partial charge in [-0.3, -0.25) is 0 Å². The Morgan fingerprint density at radius 1 is 0.941 bits per heavy atom. The summed E-state index contributed by atoms with van der Waals surface area (Å²) in [5, 5.41) is 0. The Morgan fingerprint density at radius 3 is 1.94 bits per heavy atom. The molecule has 0 aromatic heterocycles. The Bertz CT molecular complexity index is 369.